The number of hydrazine groups is 1. The molecule has 1 amide bonds. The zero-order valence-corrected chi connectivity index (χ0v) is 17.6. The van der Waals surface area contributed by atoms with E-state index in [2.05, 4.69) is 30.5 Å². The Labute approximate surface area is 183 Å². The molecule has 0 unspecified atom stereocenters. The molecule has 170 valence electrons. The fourth-order valence-corrected chi connectivity index (χ4v) is 2.59. The minimum absolute atomic E-state index is 0.0354. The predicted octanol–water partition coefficient (Wildman–Crippen LogP) is -0.852. The molecule has 12 N–H and O–H groups in total. The maximum absolute atomic E-state index is 11.7. The van der Waals surface area contributed by atoms with Crippen molar-refractivity contribution < 1.29 is 9.90 Å². The van der Waals surface area contributed by atoms with Gasteiger partial charge in [-0.1, -0.05) is 0 Å². The number of nitrogens with two attached hydrogens (primary N) is 4. The third-order valence-electron chi connectivity index (χ3n) is 4.15. The summed E-state index contributed by atoms with van der Waals surface area (Å²) in [5, 5.41) is 29.1. The fraction of sp³-hybridized carbons (Fsp3) is 0.222. The summed E-state index contributed by atoms with van der Waals surface area (Å²) in [6, 6.07) is 1.42. The Morgan fingerprint density at radius 3 is 2.69 bits per heavy atom. The molecule has 0 saturated heterocycles. The van der Waals surface area contributed by atoms with E-state index in [9.17, 15) is 9.90 Å². The predicted molar refractivity (Wildman–Crippen MR) is 121 cm³/mol. The first-order chi connectivity index (χ1) is 15.2. The molecule has 0 spiro atoms. The van der Waals surface area contributed by atoms with E-state index in [0.717, 1.165) is 6.21 Å². The lowest BCUT2D eigenvalue weighted by Gasteiger charge is -2.11. The lowest BCUT2D eigenvalue weighted by molar-refractivity contribution is 0.0995. The van der Waals surface area contributed by atoms with Crippen molar-refractivity contribution in [2.24, 2.45) is 28.0 Å². The molecule has 2 rings (SSSR count). The summed E-state index contributed by atoms with van der Waals surface area (Å²) in [6.07, 6.45) is 3.79. The van der Waals surface area contributed by atoms with Crippen LogP contribution < -0.4 is 28.4 Å². The molecular weight excluding hydrogens is 416 g/mol. The van der Waals surface area contributed by atoms with Crippen LogP contribution >= 0.6 is 0 Å². The van der Waals surface area contributed by atoms with Gasteiger partial charge in [-0.2, -0.15) is 5.10 Å². The number of nitrogens with zero attached hydrogens (tertiary/aromatic N) is 5. The van der Waals surface area contributed by atoms with Gasteiger partial charge in [-0.15, -0.1) is 0 Å². The van der Waals surface area contributed by atoms with E-state index in [1.165, 1.54) is 30.4 Å². The molecule has 0 aliphatic rings. The number of rotatable bonds is 10. The monoisotopic (exact) mass is 442 g/mol. The molecule has 32 heavy (non-hydrogen) atoms. The van der Waals surface area contributed by atoms with Crippen LogP contribution in [0.25, 0.3) is 11.5 Å². The van der Waals surface area contributed by atoms with Crippen LogP contribution in [0.2, 0.25) is 0 Å². The highest BCUT2D eigenvalue weighted by atomic mass is 16.3. The summed E-state index contributed by atoms with van der Waals surface area (Å²) in [4.78, 5) is 24.5. The number of anilines is 1. The zero-order chi connectivity index (χ0) is 23.8. The molecule has 2 aromatic heterocycles. The summed E-state index contributed by atoms with van der Waals surface area (Å²) in [6.45, 7) is 1.97. The van der Waals surface area contributed by atoms with Gasteiger partial charge in [0.1, 0.15) is 17.1 Å². The first-order valence-corrected chi connectivity index (χ1v) is 9.29. The van der Waals surface area contributed by atoms with Crippen molar-refractivity contribution in [1.29, 1.82) is 5.41 Å². The first-order valence-electron chi connectivity index (χ1n) is 9.29. The van der Waals surface area contributed by atoms with Gasteiger partial charge in [0.25, 0.3) is 5.91 Å². The number of carbonyl (C=O) groups is 1. The number of aromatic nitrogens is 4. The maximum Gasteiger partial charge on any atom is 0.267 e. The van der Waals surface area contributed by atoms with Gasteiger partial charge in [0.2, 0.25) is 5.82 Å². The van der Waals surface area contributed by atoms with Crippen molar-refractivity contribution >= 4 is 23.5 Å². The van der Waals surface area contributed by atoms with E-state index in [4.69, 9.17) is 28.5 Å². The van der Waals surface area contributed by atoms with E-state index in [1.807, 2.05) is 0 Å². The van der Waals surface area contributed by atoms with Crippen molar-refractivity contribution in [2.75, 3.05) is 25.5 Å². The quantitative estimate of drug-likeness (QED) is 0.0978. The lowest BCUT2D eigenvalue weighted by atomic mass is 10.1. The third-order valence-corrected chi connectivity index (χ3v) is 4.15. The number of aromatic amines is 1. The highest BCUT2D eigenvalue weighted by molar-refractivity contribution is 6.09. The molecule has 0 saturated carbocycles. The van der Waals surface area contributed by atoms with Gasteiger partial charge in [0.15, 0.2) is 11.6 Å². The summed E-state index contributed by atoms with van der Waals surface area (Å²) < 4.78 is 0. The summed E-state index contributed by atoms with van der Waals surface area (Å²) in [5.41, 5.74) is 17.4. The Hall–Kier alpha value is -4.46. The number of aliphatic imine (C=N–C) groups is 1. The van der Waals surface area contributed by atoms with Crippen molar-refractivity contribution in [3.63, 3.8) is 0 Å². The van der Waals surface area contributed by atoms with Crippen LogP contribution in [0.15, 0.2) is 34.9 Å². The SMILES string of the molecule is CNc1cc(C(N)=O)nc(-c2n[nH]c(C(=NCCN(N)/C=C\N)/C(O)=C(/C)N)n2)c1C=N. The van der Waals surface area contributed by atoms with Gasteiger partial charge in [-0.25, -0.2) is 15.8 Å². The van der Waals surface area contributed by atoms with Gasteiger partial charge in [-0.05, 0) is 13.0 Å². The standard InChI is InChI=1S/C18H26N12O2/c1-9(21)15(31)14(25-4-6-30(23)5-3-19)18-27-17(28-29-18)13-10(8-20)11(24-2)7-12(26-13)16(22)32/h3,5,7-8,20,31H,4,6,19,21,23H2,1-2H3,(H2,22,32)(H,24,26)(H,27,28,29)/b5-3-,15-9+,20-8?,25-14?. The second kappa shape index (κ2) is 10.5. The Morgan fingerprint density at radius 2 is 2.12 bits per heavy atom. The van der Waals surface area contributed by atoms with Crippen LogP contribution in [0.5, 0.6) is 0 Å². The van der Waals surface area contributed by atoms with E-state index < -0.39 is 5.91 Å². The van der Waals surface area contributed by atoms with E-state index in [1.54, 1.807) is 7.05 Å². The average molecular weight is 442 g/mol. The smallest absolute Gasteiger partial charge is 0.267 e. The highest BCUT2D eigenvalue weighted by Crippen LogP contribution is 2.25. The number of pyridine rings is 1. The van der Waals surface area contributed by atoms with Crippen molar-refractivity contribution in [1.82, 2.24) is 25.2 Å². The molecule has 0 fully saturated rings. The molecule has 14 heteroatoms. The number of nitrogens with one attached hydrogen (secondary N) is 3. The first kappa shape index (κ1) is 23.8. The second-order valence-electron chi connectivity index (χ2n) is 6.42. The van der Waals surface area contributed by atoms with Gasteiger partial charge < -0.3 is 38.0 Å². The van der Waals surface area contributed by atoms with Crippen molar-refractivity contribution in [2.45, 2.75) is 6.92 Å². The Kier molecular flexibility index (Phi) is 7.84. The van der Waals surface area contributed by atoms with E-state index in [0.29, 0.717) is 17.8 Å². The number of amides is 1. The number of allylic oxidation sites excluding steroid dienone is 2. The Bertz CT molecular complexity index is 1080. The van der Waals surface area contributed by atoms with Crippen molar-refractivity contribution in [3.8, 4) is 11.5 Å². The lowest BCUT2D eigenvalue weighted by Crippen LogP contribution is -2.28. The Morgan fingerprint density at radius 1 is 1.41 bits per heavy atom. The number of H-pyrrole nitrogens is 1. The number of aliphatic hydroxyl groups is 1. The Balaban J connectivity index is 2.54. The number of hydrogen-bond donors (Lipinski definition) is 8. The van der Waals surface area contributed by atoms with Gasteiger partial charge >= 0.3 is 0 Å². The number of primary amides is 1. The average Bonchev–Trinajstić information content (AvgIpc) is 3.24. The van der Waals surface area contributed by atoms with Crippen molar-refractivity contribution in [3.05, 3.63) is 47.0 Å². The molecule has 0 aliphatic carbocycles. The van der Waals surface area contributed by atoms with Crippen LogP contribution in [0, 0.1) is 5.41 Å². The number of aliphatic hydroxyl groups excluding tert-OH is 1. The molecule has 0 aromatic carbocycles. The zero-order valence-electron chi connectivity index (χ0n) is 17.6. The summed E-state index contributed by atoms with van der Waals surface area (Å²) >= 11 is 0. The molecule has 2 heterocycles. The molecule has 0 radical (unpaired) electrons. The van der Waals surface area contributed by atoms with E-state index >= 15 is 0 Å². The molecule has 0 aliphatic heterocycles. The van der Waals surface area contributed by atoms with Crippen LogP contribution in [-0.4, -0.2) is 68.3 Å². The number of carbonyl (C=O) groups excluding carboxylic acids is 1. The molecule has 0 bridgehead atoms. The summed E-state index contributed by atoms with van der Waals surface area (Å²) in [5.74, 6) is 4.81. The van der Waals surface area contributed by atoms with Gasteiger partial charge in [0, 0.05) is 42.6 Å². The van der Waals surface area contributed by atoms with Gasteiger partial charge in [0.05, 0.1) is 13.1 Å². The minimum atomic E-state index is -0.755. The van der Waals surface area contributed by atoms with Crippen LogP contribution in [-0.2, 0) is 0 Å². The fourth-order valence-electron chi connectivity index (χ4n) is 2.59. The molecule has 0 atom stereocenters. The normalized spacial score (nSPS) is 12.5. The van der Waals surface area contributed by atoms with Crippen LogP contribution in [0.4, 0.5) is 5.69 Å². The maximum atomic E-state index is 11.7. The highest BCUT2D eigenvalue weighted by Gasteiger charge is 2.21. The molecule has 2 aromatic rings. The van der Waals surface area contributed by atoms with E-state index in [-0.39, 0.29) is 46.7 Å². The molecule has 14 nitrogen and oxygen atoms in total. The third kappa shape index (κ3) is 5.37. The summed E-state index contributed by atoms with van der Waals surface area (Å²) in [7, 11) is 1.62. The number of hydrogen-bond acceptors (Lipinski definition) is 12. The topological polar surface area (TPSA) is 247 Å². The van der Waals surface area contributed by atoms with Crippen LogP contribution in [0.3, 0.4) is 0 Å². The van der Waals surface area contributed by atoms with Crippen LogP contribution in [0.1, 0.15) is 28.8 Å². The minimum Gasteiger partial charge on any atom is -0.504 e. The molecular formula is C18H26N12O2. The largest absolute Gasteiger partial charge is 0.504 e. The second-order valence-corrected chi connectivity index (χ2v) is 6.42. The van der Waals surface area contributed by atoms with Gasteiger partial charge in [-0.3, -0.25) is 14.9 Å².